The summed E-state index contributed by atoms with van der Waals surface area (Å²) in [7, 11) is 0. The Labute approximate surface area is 183 Å². The lowest BCUT2D eigenvalue weighted by atomic mass is 10.1. The normalized spacial score (nSPS) is 13.6. The molecule has 1 unspecified atom stereocenters. The highest BCUT2D eigenvalue weighted by Gasteiger charge is 2.28. The second kappa shape index (κ2) is 16.5. The Kier molecular flexibility index (Phi) is 14.8. The van der Waals surface area contributed by atoms with Gasteiger partial charge in [-0.1, -0.05) is 5.11 Å². The van der Waals surface area contributed by atoms with Crippen LogP contribution in [-0.2, 0) is 24.0 Å². The van der Waals surface area contributed by atoms with Gasteiger partial charge in [0.1, 0.15) is 18.6 Å². The maximum Gasteiger partial charge on any atom is 0.430 e. The molecule has 0 aliphatic carbocycles. The van der Waals surface area contributed by atoms with Crippen LogP contribution in [0.5, 0.6) is 0 Å². The minimum Gasteiger partial charge on any atom is -0.542 e. The Balaban J connectivity index is 0. The third-order valence-corrected chi connectivity index (χ3v) is 3.88. The summed E-state index contributed by atoms with van der Waals surface area (Å²) < 4.78 is 39.2. The Hall–Kier alpha value is -3.24. The fraction of sp³-hybridized carbons (Fsp3) is 0.643. The summed E-state index contributed by atoms with van der Waals surface area (Å²) >= 11 is 0.931. The van der Waals surface area contributed by atoms with E-state index in [4.69, 9.17) is 27.0 Å². The van der Waals surface area contributed by atoms with E-state index in [2.05, 4.69) is 26.4 Å². The van der Waals surface area contributed by atoms with Gasteiger partial charge in [-0.25, -0.2) is 4.79 Å². The quantitative estimate of drug-likeness (QED) is 0.103. The van der Waals surface area contributed by atoms with E-state index < -0.39 is 60.3 Å². The molecular weight excluding hydrogens is 469 g/mol. The van der Waals surface area contributed by atoms with Crippen LogP contribution in [0.15, 0.2) is 5.11 Å². The number of hydrogen-bond donors (Lipinski definition) is 5. The van der Waals surface area contributed by atoms with Gasteiger partial charge in [0.2, 0.25) is 11.8 Å². The molecule has 0 saturated heterocycles. The van der Waals surface area contributed by atoms with Gasteiger partial charge in [0.05, 0.1) is 0 Å². The maximum absolute atomic E-state index is 12.0. The number of carboxylic acid groups (broad SMARTS) is 3. The van der Waals surface area contributed by atoms with Crippen molar-refractivity contribution in [1.29, 1.82) is 0 Å². The van der Waals surface area contributed by atoms with Crippen molar-refractivity contribution in [2.75, 3.05) is 24.6 Å². The molecule has 18 heteroatoms. The number of carboxylic acids is 3. The molecule has 0 aromatic carbocycles. The molecule has 0 spiro atoms. The summed E-state index contributed by atoms with van der Waals surface area (Å²) in [6, 6.07) is -2.10. The van der Waals surface area contributed by atoms with E-state index in [0.29, 0.717) is 0 Å². The molecule has 0 radical (unpaired) electrons. The average Bonchev–Trinajstić information content (AvgIpc) is 2.71. The number of thioether (sulfide) groups is 1. The van der Waals surface area contributed by atoms with E-state index in [0.717, 1.165) is 11.8 Å². The van der Waals surface area contributed by atoms with Crippen LogP contribution >= 0.6 is 11.8 Å². The van der Waals surface area contributed by atoms with Crippen LogP contribution in [0.25, 0.3) is 10.4 Å². The zero-order valence-corrected chi connectivity index (χ0v) is 17.0. The molecule has 32 heavy (non-hydrogen) atoms. The predicted octanol–water partition coefficient (Wildman–Crippen LogP) is -2.51. The number of quaternary nitrogens is 1. The molecule has 0 heterocycles. The number of alkyl halides is 3. The Morgan fingerprint density at radius 1 is 1.28 bits per heavy atom. The molecule has 182 valence electrons. The largest absolute Gasteiger partial charge is 0.542 e. The lowest BCUT2D eigenvalue weighted by molar-refractivity contribution is -0.408. The Morgan fingerprint density at radius 3 is 2.28 bits per heavy atom. The molecule has 3 atom stereocenters. The third kappa shape index (κ3) is 17.6. The zero-order chi connectivity index (χ0) is 26.2. The number of halogens is 3. The van der Waals surface area contributed by atoms with Gasteiger partial charge in [-0.3, -0.25) is 14.4 Å². The SMILES string of the molecule is O=C([O-])C(F)(F)F.[2H]C(CN=[N+]=[N-])SC[C@H](NC(=O)CC[C@H]([NH3+])C(=O)O)C(=O)NCC(=O)O. The number of nitrogens with zero attached hydrogens (tertiary/aromatic N) is 3. The highest BCUT2D eigenvalue weighted by Crippen LogP contribution is 2.11. The molecule has 0 rings (SSSR count). The minimum atomic E-state index is -5.19. The first-order valence-electron chi connectivity index (χ1n) is 8.87. The van der Waals surface area contributed by atoms with E-state index in [9.17, 15) is 32.3 Å². The molecule has 0 bridgehead atoms. The fourth-order valence-corrected chi connectivity index (χ4v) is 2.19. The summed E-state index contributed by atoms with van der Waals surface area (Å²) in [5.74, 6) is -6.84. The topological polar surface area (TPSA) is 249 Å². The van der Waals surface area contributed by atoms with Crippen LogP contribution in [-0.4, -0.2) is 82.8 Å². The summed E-state index contributed by atoms with van der Waals surface area (Å²) in [6.07, 6.45) is -5.41. The molecule has 0 aliphatic heterocycles. The van der Waals surface area contributed by atoms with Gasteiger partial charge in [-0.2, -0.15) is 24.9 Å². The minimum absolute atomic E-state index is 0.0320. The predicted molar refractivity (Wildman–Crippen MR) is 98.5 cm³/mol. The van der Waals surface area contributed by atoms with Gasteiger partial charge < -0.3 is 36.5 Å². The fourth-order valence-electron chi connectivity index (χ4n) is 1.45. The Morgan fingerprint density at radius 2 is 1.84 bits per heavy atom. The smallest absolute Gasteiger partial charge is 0.430 e. The summed E-state index contributed by atoms with van der Waals surface area (Å²) in [4.78, 5) is 56.4. The van der Waals surface area contributed by atoms with Gasteiger partial charge in [0, 0.05) is 31.4 Å². The molecule has 2 amide bonds. The van der Waals surface area contributed by atoms with Gasteiger partial charge in [-0.05, 0) is 11.3 Å². The lowest BCUT2D eigenvalue weighted by Crippen LogP contribution is -2.65. The van der Waals surface area contributed by atoms with Crippen LogP contribution in [0.2, 0.25) is 0 Å². The van der Waals surface area contributed by atoms with E-state index in [1.807, 2.05) is 0 Å². The molecular formula is C14H21F3N6O8S. The van der Waals surface area contributed by atoms with E-state index in [-0.39, 0.29) is 25.1 Å². The van der Waals surface area contributed by atoms with Crippen molar-refractivity contribution < 1.29 is 59.6 Å². The summed E-state index contributed by atoms with van der Waals surface area (Å²) in [5, 5.41) is 33.8. The number of nitrogens with one attached hydrogen (secondary N) is 2. The monoisotopic (exact) mass is 491 g/mol. The molecule has 14 nitrogen and oxygen atoms in total. The van der Waals surface area contributed by atoms with Crippen molar-refractivity contribution in [3.63, 3.8) is 0 Å². The standard InChI is InChI=1S/C12H20N6O6S.C2HF3O2/c13-7(12(23)24)1-2-9(19)17-8(6-25-4-3-16-18-14)11(22)15-5-10(20)21;3-2(4,5)1(6)7/h7-8H,1-6,13H2,(H,15,22)(H,17,19)(H,20,21)(H,23,24);(H,6,7)/t7-,8-;/m0./s1/i4D;/t4?,7-,8-;. The van der Waals surface area contributed by atoms with E-state index >= 15 is 0 Å². The number of amides is 2. The van der Waals surface area contributed by atoms with Crippen LogP contribution in [0.4, 0.5) is 13.2 Å². The van der Waals surface area contributed by atoms with Crippen molar-refractivity contribution >= 4 is 41.5 Å². The number of aliphatic carboxylic acids is 3. The number of hydrogen-bond acceptors (Lipinski definition) is 8. The molecule has 0 aromatic rings. The third-order valence-electron chi connectivity index (χ3n) is 2.97. The van der Waals surface area contributed by atoms with Crippen molar-refractivity contribution in [1.82, 2.24) is 10.6 Å². The molecule has 0 aromatic heterocycles. The number of rotatable bonds is 13. The van der Waals surface area contributed by atoms with Crippen LogP contribution in [0.1, 0.15) is 14.2 Å². The van der Waals surface area contributed by atoms with Crippen LogP contribution < -0.4 is 21.5 Å². The molecule has 0 aliphatic rings. The first kappa shape index (κ1) is 28.8. The average molecular weight is 491 g/mol. The van der Waals surface area contributed by atoms with Crippen LogP contribution in [0, 0.1) is 0 Å². The van der Waals surface area contributed by atoms with E-state index in [1.54, 1.807) is 0 Å². The summed E-state index contributed by atoms with van der Waals surface area (Å²) in [5.41, 5.74) is 10.7. The zero-order valence-electron chi connectivity index (χ0n) is 17.2. The highest BCUT2D eigenvalue weighted by atomic mass is 32.2. The van der Waals surface area contributed by atoms with Crippen molar-refractivity contribution in [2.24, 2.45) is 5.11 Å². The van der Waals surface area contributed by atoms with Crippen molar-refractivity contribution in [3.8, 4) is 0 Å². The van der Waals surface area contributed by atoms with Crippen LogP contribution in [0.3, 0.4) is 0 Å². The summed E-state index contributed by atoms with van der Waals surface area (Å²) in [6.45, 7) is -0.779. The number of carbonyl (C=O) groups is 5. The van der Waals surface area contributed by atoms with E-state index in [1.165, 1.54) is 0 Å². The van der Waals surface area contributed by atoms with Gasteiger partial charge >= 0.3 is 18.1 Å². The second-order valence-electron chi connectivity index (χ2n) is 5.50. The van der Waals surface area contributed by atoms with Crippen molar-refractivity contribution in [2.45, 2.75) is 31.1 Å². The van der Waals surface area contributed by atoms with Gasteiger partial charge in [0.15, 0.2) is 6.04 Å². The molecule has 0 fully saturated rings. The second-order valence-corrected chi connectivity index (χ2v) is 6.50. The maximum atomic E-state index is 12.0. The first-order chi connectivity index (χ1) is 15.1. The van der Waals surface area contributed by atoms with Gasteiger partial charge in [0.25, 0.3) is 0 Å². The molecule has 7 N–H and O–H groups in total. The number of carbonyl (C=O) groups excluding carboxylic acids is 3. The highest BCUT2D eigenvalue weighted by molar-refractivity contribution is 7.99. The molecule has 0 saturated carbocycles. The lowest BCUT2D eigenvalue weighted by Gasteiger charge is -2.17. The Bertz CT molecular complexity index is 753. The van der Waals surface area contributed by atoms with Gasteiger partial charge in [-0.15, -0.1) is 0 Å². The number of azide groups is 1. The first-order valence-corrected chi connectivity index (χ1v) is 9.34. The van der Waals surface area contributed by atoms with Crippen molar-refractivity contribution in [3.05, 3.63) is 10.4 Å².